The smallest absolute Gasteiger partial charge is 0.236 e. The van der Waals surface area contributed by atoms with E-state index in [1.165, 1.54) is 0 Å². The molecule has 3 nitrogen and oxygen atoms in total. The van der Waals surface area contributed by atoms with Crippen molar-refractivity contribution in [3.8, 4) is 0 Å². The first-order chi connectivity index (χ1) is 9.81. The van der Waals surface area contributed by atoms with Crippen molar-refractivity contribution in [3.63, 3.8) is 0 Å². The van der Waals surface area contributed by atoms with E-state index in [0.717, 1.165) is 18.5 Å². The second-order valence-electron chi connectivity index (χ2n) is 6.15. The number of hydrogen-bond acceptors (Lipinski definition) is 2. The van der Waals surface area contributed by atoms with Gasteiger partial charge in [-0.15, -0.1) is 0 Å². The standard InChI is InChI=1S/C17H27ClN2O/c1-13(2)10-11-19(4)12-17(21)20(5)14(3)15-6-8-16(18)9-7-15/h6-9,13-14H,10-12H2,1-5H3. The van der Waals surface area contributed by atoms with Gasteiger partial charge in [0.1, 0.15) is 0 Å². The van der Waals surface area contributed by atoms with E-state index in [4.69, 9.17) is 11.6 Å². The highest BCUT2D eigenvalue weighted by Crippen LogP contribution is 2.21. The van der Waals surface area contributed by atoms with Crippen LogP contribution < -0.4 is 0 Å². The van der Waals surface area contributed by atoms with Crippen molar-refractivity contribution in [1.29, 1.82) is 0 Å². The average Bonchev–Trinajstić information content (AvgIpc) is 2.44. The summed E-state index contributed by atoms with van der Waals surface area (Å²) in [5.41, 5.74) is 1.10. The zero-order chi connectivity index (χ0) is 16.0. The molecule has 1 rings (SSSR count). The van der Waals surface area contributed by atoms with Crippen LogP contribution in [0.1, 0.15) is 38.8 Å². The fraction of sp³-hybridized carbons (Fsp3) is 0.588. The molecule has 21 heavy (non-hydrogen) atoms. The van der Waals surface area contributed by atoms with Crippen LogP contribution in [-0.2, 0) is 4.79 Å². The first-order valence-electron chi connectivity index (χ1n) is 7.51. The minimum atomic E-state index is 0.0493. The van der Waals surface area contributed by atoms with Gasteiger partial charge in [0.05, 0.1) is 12.6 Å². The molecule has 1 aromatic rings. The van der Waals surface area contributed by atoms with Gasteiger partial charge >= 0.3 is 0 Å². The Balaban J connectivity index is 2.55. The van der Waals surface area contributed by atoms with Crippen LogP contribution in [-0.4, -0.2) is 42.9 Å². The number of carbonyl (C=O) groups is 1. The first-order valence-corrected chi connectivity index (χ1v) is 7.88. The molecule has 118 valence electrons. The topological polar surface area (TPSA) is 23.6 Å². The van der Waals surface area contributed by atoms with Crippen LogP contribution >= 0.6 is 11.6 Å². The van der Waals surface area contributed by atoms with Gasteiger partial charge in [0.2, 0.25) is 5.91 Å². The number of halogens is 1. The Morgan fingerprint density at radius 2 is 1.71 bits per heavy atom. The molecule has 1 unspecified atom stereocenters. The summed E-state index contributed by atoms with van der Waals surface area (Å²) in [6.07, 6.45) is 1.11. The maximum absolute atomic E-state index is 12.3. The van der Waals surface area contributed by atoms with Gasteiger partial charge in [0, 0.05) is 12.1 Å². The van der Waals surface area contributed by atoms with Gasteiger partial charge in [-0.1, -0.05) is 37.6 Å². The molecule has 0 fully saturated rings. The number of rotatable bonds is 7. The van der Waals surface area contributed by atoms with E-state index in [2.05, 4.69) is 18.7 Å². The van der Waals surface area contributed by atoms with Gasteiger partial charge in [0.15, 0.2) is 0 Å². The Morgan fingerprint density at radius 3 is 2.24 bits per heavy atom. The lowest BCUT2D eigenvalue weighted by atomic mass is 10.1. The molecule has 0 heterocycles. The highest BCUT2D eigenvalue weighted by atomic mass is 35.5. The van der Waals surface area contributed by atoms with Crippen molar-refractivity contribution in [2.75, 3.05) is 27.2 Å². The van der Waals surface area contributed by atoms with E-state index in [0.29, 0.717) is 17.5 Å². The van der Waals surface area contributed by atoms with Crippen LogP contribution in [0.25, 0.3) is 0 Å². The lowest BCUT2D eigenvalue weighted by Gasteiger charge is -2.28. The normalized spacial score (nSPS) is 12.8. The fourth-order valence-electron chi connectivity index (χ4n) is 2.08. The number of likely N-dealkylation sites (N-methyl/N-ethyl adjacent to an activating group) is 2. The monoisotopic (exact) mass is 310 g/mol. The quantitative estimate of drug-likeness (QED) is 0.764. The molecule has 0 saturated heterocycles. The lowest BCUT2D eigenvalue weighted by Crippen LogP contribution is -2.38. The van der Waals surface area contributed by atoms with Gasteiger partial charge < -0.3 is 4.90 Å². The molecular formula is C17H27ClN2O. The molecule has 0 aliphatic heterocycles. The molecule has 0 aromatic heterocycles. The maximum Gasteiger partial charge on any atom is 0.236 e. The summed E-state index contributed by atoms with van der Waals surface area (Å²) in [7, 11) is 3.86. The van der Waals surface area contributed by atoms with Crippen LogP contribution in [0.5, 0.6) is 0 Å². The third-order valence-electron chi connectivity index (χ3n) is 3.82. The van der Waals surface area contributed by atoms with E-state index in [1.54, 1.807) is 4.90 Å². The van der Waals surface area contributed by atoms with Crippen molar-refractivity contribution < 1.29 is 4.79 Å². The molecule has 0 N–H and O–H groups in total. The zero-order valence-corrected chi connectivity index (χ0v) is 14.5. The Labute approximate surface area is 133 Å². The Morgan fingerprint density at radius 1 is 1.14 bits per heavy atom. The highest BCUT2D eigenvalue weighted by Gasteiger charge is 2.18. The molecule has 0 bridgehead atoms. The summed E-state index contributed by atoms with van der Waals surface area (Å²) in [5, 5.41) is 0.716. The van der Waals surface area contributed by atoms with E-state index in [-0.39, 0.29) is 11.9 Å². The van der Waals surface area contributed by atoms with Crippen molar-refractivity contribution in [2.45, 2.75) is 33.2 Å². The van der Waals surface area contributed by atoms with E-state index in [9.17, 15) is 4.79 Å². The summed E-state index contributed by atoms with van der Waals surface area (Å²) in [6.45, 7) is 7.85. The van der Waals surface area contributed by atoms with Crippen LogP contribution in [0.4, 0.5) is 0 Å². The number of benzene rings is 1. The van der Waals surface area contributed by atoms with Crippen LogP contribution in [0.15, 0.2) is 24.3 Å². The second-order valence-corrected chi connectivity index (χ2v) is 6.59. The molecule has 0 spiro atoms. The highest BCUT2D eigenvalue weighted by molar-refractivity contribution is 6.30. The van der Waals surface area contributed by atoms with Crippen LogP contribution in [0, 0.1) is 5.92 Å². The largest absolute Gasteiger partial charge is 0.338 e. The number of amides is 1. The van der Waals surface area contributed by atoms with Gasteiger partial charge in [-0.05, 0) is 50.6 Å². The zero-order valence-electron chi connectivity index (χ0n) is 13.8. The SMILES string of the molecule is CC(C)CCN(C)CC(=O)N(C)C(C)c1ccc(Cl)cc1. The van der Waals surface area contributed by atoms with Gasteiger partial charge in [-0.2, -0.15) is 0 Å². The molecule has 1 aromatic carbocycles. The number of carbonyl (C=O) groups excluding carboxylic acids is 1. The minimum absolute atomic E-state index is 0.0493. The summed E-state index contributed by atoms with van der Waals surface area (Å²) in [4.78, 5) is 16.2. The predicted molar refractivity (Wildman–Crippen MR) is 89.6 cm³/mol. The summed E-state index contributed by atoms with van der Waals surface area (Å²) < 4.78 is 0. The molecule has 4 heteroatoms. The van der Waals surface area contributed by atoms with Crippen molar-refractivity contribution in [2.24, 2.45) is 5.92 Å². The molecule has 1 atom stereocenters. The van der Waals surface area contributed by atoms with Gasteiger partial charge in [-0.3, -0.25) is 9.69 Å². The first kappa shape index (κ1) is 18.0. The second kappa shape index (κ2) is 8.40. The minimum Gasteiger partial charge on any atom is -0.338 e. The van der Waals surface area contributed by atoms with Crippen LogP contribution in [0.3, 0.4) is 0 Å². The molecule has 1 amide bonds. The Hall–Kier alpha value is -1.06. The number of nitrogens with zero attached hydrogens (tertiary/aromatic N) is 2. The summed E-state index contributed by atoms with van der Waals surface area (Å²) in [6, 6.07) is 7.72. The fourth-order valence-corrected chi connectivity index (χ4v) is 2.21. The molecule has 0 aliphatic rings. The average molecular weight is 311 g/mol. The maximum atomic E-state index is 12.3. The van der Waals surface area contributed by atoms with E-state index in [1.807, 2.05) is 45.3 Å². The third kappa shape index (κ3) is 6.06. The molecule has 0 aliphatic carbocycles. The molecule has 0 saturated carbocycles. The predicted octanol–water partition coefficient (Wildman–Crippen LogP) is 3.84. The molecule has 0 radical (unpaired) electrons. The Bertz CT molecular complexity index is 445. The molecular weight excluding hydrogens is 284 g/mol. The summed E-state index contributed by atoms with van der Waals surface area (Å²) >= 11 is 5.90. The van der Waals surface area contributed by atoms with Gasteiger partial charge in [0.25, 0.3) is 0 Å². The van der Waals surface area contributed by atoms with E-state index >= 15 is 0 Å². The van der Waals surface area contributed by atoms with Crippen LogP contribution in [0.2, 0.25) is 5.02 Å². The lowest BCUT2D eigenvalue weighted by molar-refractivity contribution is -0.132. The van der Waals surface area contributed by atoms with E-state index < -0.39 is 0 Å². The van der Waals surface area contributed by atoms with Crippen molar-refractivity contribution in [3.05, 3.63) is 34.9 Å². The van der Waals surface area contributed by atoms with Gasteiger partial charge in [-0.25, -0.2) is 0 Å². The third-order valence-corrected chi connectivity index (χ3v) is 4.07. The Kier molecular flexibility index (Phi) is 7.20. The summed E-state index contributed by atoms with van der Waals surface area (Å²) in [5.74, 6) is 0.803. The number of hydrogen-bond donors (Lipinski definition) is 0. The van der Waals surface area contributed by atoms with Crippen molar-refractivity contribution >= 4 is 17.5 Å². The van der Waals surface area contributed by atoms with Crippen molar-refractivity contribution in [1.82, 2.24) is 9.80 Å².